The maximum Gasteiger partial charge on any atom is 0.226 e. The fraction of sp³-hybridized carbons (Fsp3) is 0.818. The highest BCUT2D eigenvalue weighted by Gasteiger charge is 2.17. The van der Waals surface area contributed by atoms with Crippen LogP contribution in [0.4, 0.5) is 0 Å². The first-order valence-corrected chi connectivity index (χ1v) is 5.76. The summed E-state index contributed by atoms with van der Waals surface area (Å²) in [6, 6.07) is 0. The Bertz CT molecular complexity index is 303. The average molecular weight is 210 g/mol. The zero-order chi connectivity index (χ0) is 10.7. The molecule has 0 saturated heterocycles. The van der Waals surface area contributed by atoms with E-state index in [4.69, 9.17) is 4.52 Å². The van der Waals surface area contributed by atoms with Gasteiger partial charge in [0.1, 0.15) is 6.10 Å². The lowest BCUT2D eigenvalue weighted by Crippen LogP contribution is -1.97. The van der Waals surface area contributed by atoms with E-state index in [9.17, 15) is 5.11 Å². The lowest BCUT2D eigenvalue weighted by Gasteiger charge is -2.04. The van der Waals surface area contributed by atoms with Gasteiger partial charge in [-0.05, 0) is 19.3 Å². The predicted octanol–water partition coefficient (Wildman–Crippen LogP) is 2.25. The Morgan fingerprint density at radius 2 is 2.20 bits per heavy atom. The van der Waals surface area contributed by atoms with Gasteiger partial charge in [-0.2, -0.15) is 4.98 Å². The molecule has 0 aromatic carbocycles. The molecule has 1 aliphatic rings. The molecular weight excluding hydrogens is 192 g/mol. The third-order valence-electron chi connectivity index (χ3n) is 3.10. The van der Waals surface area contributed by atoms with Crippen LogP contribution in [0.25, 0.3) is 0 Å². The van der Waals surface area contributed by atoms with E-state index >= 15 is 0 Å². The third-order valence-corrected chi connectivity index (χ3v) is 3.10. The van der Waals surface area contributed by atoms with Gasteiger partial charge in [-0.15, -0.1) is 0 Å². The van der Waals surface area contributed by atoms with Crippen LogP contribution in [0.5, 0.6) is 0 Å². The van der Waals surface area contributed by atoms with Crippen molar-refractivity contribution in [2.24, 2.45) is 5.92 Å². The molecule has 1 fully saturated rings. The lowest BCUT2D eigenvalue weighted by molar-refractivity contribution is 0.184. The van der Waals surface area contributed by atoms with Gasteiger partial charge in [0, 0.05) is 6.42 Å². The molecular formula is C11H18N2O2. The molecule has 0 aliphatic heterocycles. The Balaban J connectivity index is 1.82. The minimum absolute atomic E-state index is 0.399. The van der Waals surface area contributed by atoms with Gasteiger partial charge < -0.3 is 9.63 Å². The number of rotatable bonds is 4. The maximum atomic E-state index is 9.23. The number of aliphatic hydroxyl groups is 1. The van der Waals surface area contributed by atoms with Gasteiger partial charge in [0.2, 0.25) is 5.89 Å². The fourth-order valence-corrected chi connectivity index (χ4v) is 2.17. The van der Waals surface area contributed by atoms with Crippen molar-refractivity contribution in [3.05, 3.63) is 11.7 Å². The molecule has 0 amide bonds. The summed E-state index contributed by atoms with van der Waals surface area (Å²) in [7, 11) is 0. The Morgan fingerprint density at radius 3 is 2.80 bits per heavy atom. The van der Waals surface area contributed by atoms with Gasteiger partial charge in [-0.1, -0.05) is 30.8 Å². The first kappa shape index (κ1) is 10.6. The number of aryl methyl sites for hydroxylation is 1. The van der Waals surface area contributed by atoms with Crippen LogP contribution in [-0.4, -0.2) is 15.2 Å². The van der Waals surface area contributed by atoms with Crippen LogP contribution in [0.3, 0.4) is 0 Å². The van der Waals surface area contributed by atoms with Crippen LogP contribution in [0.15, 0.2) is 4.52 Å². The van der Waals surface area contributed by atoms with Crippen molar-refractivity contribution in [3.63, 3.8) is 0 Å². The van der Waals surface area contributed by atoms with Gasteiger partial charge in [0.15, 0.2) is 5.82 Å². The topological polar surface area (TPSA) is 59.2 Å². The number of aromatic nitrogens is 2. The average Bonchev–Trinajstić information content (AvgIpc) is 2.86. The molecule has 1 atom stereocenters. The molecule has 0 radical (unpaired) electrons. The van der Waals surface area contributed by atoms with Crippen molar-refractivity contribution in [2.75, 3.05) is 0 Å². The Hall–Kier alpha value is -0.900. The molecule has 1 aromatic heterocycles. The van der Waals surface area contributed by atoms with Gasteiger partial charge in [-0.3, -0.25) is 0 Å². The SMILES string of the molecule is CC(O)c1noc(CCC2CCCC2)n1. The van der Waals surface area contributed by atoms with Crippen molar-refractivity contribution in [1.29, 1.82) is 0 Å². The molecule has 2 rings (SSSR count). The summed E-state index contributed by atoms with van der Waals surface area (Å²) in [5.74, 6) is 1.90. The molecule has 84 valence electrons. The molecule has 1 saturated carbocycles. The number of hydrogen-bond donors (Lipinski definition) is 1. The molecule has 1 aromatic rings. The number of nitrogens with zero attached hydrogens (tertiary/aromatic N) is 2. The summed E-state index contributed by atoms with van der Waals surface area (Å²) in [6.07, 6.45) is 6.79. The smallest absolute Gasteiger partial charge is 0.226 e. The zero-order valence-corrected chi connectivity index (χ0v) is 9.15. The second-order valence-electron chi connectivity index (χ2n) is 4.41. The molecule has 15 heavy (non-hydrogen) atoms. The highest BCUT2D eigenvalue weighted by Crippen LogP contribution is 2.28. The molecule has 4 nitrogen and oxygen atoms in total. The quantitative estimate of drug-likeness (QED) is 0.828. The number of aliphatic hydroxyl groups excluding tert-OH is 1. The molecule has 0 spiro atoms. The number of hydrogen-bond acceptors (Lipinski definition) is 4. The maximum absolute atomic E-state index is 9.23. The highest BCUT2D eigenvalue weighted by molar-refractivity contribution is 4.89. The van der Waals surface area contributed by atoms with Crippen molar-refractivity contribution in [2.45, 2.75) is 51.6 Å². The first-order valence-electron chi connectivity index (χ1n) is 5.76. The molecule has 0 bridgehead atoms. The van der Waals surface area contributed by atoms with Gasteiger partial charge in [0.05, 0.1) is 0 Å². The minimum Gasteiger partial charge on any atom is -0.385 e. The van der Waals surface area contributed by atoms with Gasteiger partial charge >= 0.3 is 0 Å². The zero-order valence-electron chi connectivity index (χ0n) is 9.15. The lowest BCUT2D eigenvalue weighted by atomic mass is 10.0. The Labute approximate surface area is 89.7 Å². The fourth-order valence-electron chi connectivity index (χ4n) is 2.17. The molecule has 1 aliphatic carbocycles. The summed E-state index contributed by atoms with van der Waals surface area (Å²) in [5, 5.41) is 13.0. The van der Waals surface area contributed by atoms with Crippen LogP contribution in [0.1, 0.15) is 56.8 Å². The molecule has 1 heterocycles. The normalized spacial score (nSPS) is 19.6. The summed E-state index contributed by atoms with van der Waals surface area (Å²) < 4.78 is 5.06. The third kappa shape index (κ3) is 2.78. The Morgan fingerprint density at radius 1 is 1.47 bits per heavy atom. The van der Waals surface area contributed by atoms with E-state index in [1.54, 1.807) is 6.92 Å². The van der Waals surface area contributed by atoms with E-state index in [0.717, 1.165) is 18.8 Å². The van der Waals surface area contributed by atoms with Crippen LogP contribution < -0.4 is 0 Å². The van der Waals surface area contributed by atoms with E-state index in [2.05, 4.69) is 10.1 Å². The second-order valence-corrected chi connectivity index (χ2v) is 4.41. The Kier molecular flexibility index (Phi) is 3.36. The van der Waals surface area contributed by atoms with Crippen LogP contribution in [-0.2, 0) is 6.42 Å². The monoisotopic (exact) mass is 210 g/mol. The summed E-state index contributed by atoms with van der Waals surface area (Å²) in [4.78, 5) is 4.14. The molecule has 1 N–H and O–H groups in total. The predicted molar refractivity (Wildman–Crippen MR) is 55.2 cm³/mol. The van der Waals surface area contributed by atoms with E-state index < -0.39 is 6.10 Å². The van der Waals surface area contributed by atoms with E-state index in [1.807, 2.05) is 0 Å². The van der Waals surface area contributed by atoms with E-state index in [-0.39, 0.29) is 0 Å². The standard InChI is InChI=1S/C11H18N2O2/c1-8(14)11-12-10(15-13-11)7-6-9-4-2-3-5-9/h8-9,14H,2-7H2,1H3. The summed E-state index contributed by atoms with van der Waals surface area (Å²) >= 11 is 0. The van der Waals surface area contributed by atoms with Crippen molar-refractivity contribution in [1.82, 2.24) is 10.1 Å². The van der Waals surface area contributed by atoms with E-state index in [0.29, 0.717) is 11.7 Å². The van der Waals surface area contributed by atoms with Crippen molar-refractivity contribution in [3.8, 4) is 0 Å². The molecule has 4 heteroatoms. The van der Waals surface area contributed by atoms with Crippen LogP contribution in [0, 0.1) is 5.92 Å². The van der Waals surface area contributed by atoms with Crippen LogP contribution in [0.2, 0.25) is 0 Å². The van der Waals surface area contributed by atoms with Gasteiger partial charge in [0.25, 0.3) is 0 Å². The van der Waals surface area contributed by atoms with Crippen molar-refractivity contribution < 1.29 is 9.63 Å². The van der Waals surface area contributed by atoms with Crippen LogP contribution >= 0.6 is 0 Å². The summed E-state index contributed by atoms with van der Waals surface area (Å²) in [6.45, 7) is 1.64. The largest absolute Gasteiger partial charge is 0.385 e. The van der Waals surface area contributed by atoms with Gasteiger partial charge in [-0.25, -0.2) is 0 Å². The highest BCUT2D eigenvalue weighted by atomic mass is 16.5. The minimum atomic E-state index is -0.631. The van der Waals surface area contributed by atoms with E-state index in [1.165, 1.54) is 25.7 Å². The first-order chi connectivity index (χ1) is 7.25. The molecule has 1 unspecified atom stereocenters. The van der Waals surface area contributed by atoms with Crippen molar-refractivity contribution >= 4 is 0 Å². The second kappa shape index (κ2) is 4.75. The summed E-state index contributed by atoms with van der Waals surface area (Å²) in [5.41, 5.74) is 0.